The van der Waals surface area contributed by atoms with Crippen molar-refractivity contribution >= 4 is 11.7 Å². The van der Waals surface area contributed by atoms with E-state index >= 15 is 0 Å². The Morgan fingerprint density at radius 3 is 2.30 bits per heavy atom. The van der Waals surface area contributed by atoms with Gasteiger partial charge in [-0.3, -0.25) is 14.5 Å². The van der Waals surface area contributed by atoms with Crippen molar-refractivity contribution in [2.45, 2.75) is 57.5 Å². The van der Waals surface area contributed by atoms with E-state index in [1.807, 2.05) is 42.5 Å². The van der Waals surface area contributed by atoms with E-state index in [1.54, 1.807) is 0 Å². The van der Waals surface area contributed by atoms with Crippen LogP contribution in [-0.4, -0.2) is 35.8 Å². The molecule has 1 saturated heterocycles. The molecule has 4 heteroatoms. The number of piperidine rings is 1. The van der Waals surface area contributed by atoms with E-state index in [1.165, 1.54) is 24.8 Å². The first-order chi connectivity index (χ1) is 14.6. The van der Waals surface area contributed by atoms with Gasteiger partial charge in [0.25, 0.3) is 0 Å². The van der Waals surface area contributed by atoms with Crippen LogP contribution in [-0.2, 0) is 4.79 Å². The van der Waals surface area contributed by atoms with Gasteiger partial charge < -0.3 is 5.32 Å². The third-order valence-electron chi connectivity index (χ3n) is 6.68. The zero-order valence-electron chi connectivity index (χ0n) is 17.8. The molecule has 158 valence electrons. The van der Waals surface area contributed by atoms with Crippen LogP contribution in [0, 0.1) is 5.92 Å². The van der Waals surface area contributed by atoms with Gasteiger partial charge in [0.15, 0.2) is 5.78 Å². The van der Waals surface area contributed by atoms with Gasteiger partial charge in [0, 0.05) is 30.1 Å². The molecule has 1 heterocycles. The average Bonchev–Trinajstić information content (AvgIpc) is 2.74. The summed E-state index contributed by atoms with van der Waals surface area (Å²) < 4.78 is 0. The first kappa shape index (κ1) is 20.8. The fourth-order valence-electron chi connectivity index (χ4n) is 4.50. The van der Waals surface area contributed by atoms with Crippen molar-refractivity contribution in [1.82, 2.24) is 10.2 Å². The largest absolute Gasteiger partial charge is 0.340 e. The topological polar surface area (TPSA) is 49.4 Å². The molecule has 1 amide bonds. The minimum Gasteiger partial charge on any atom is -0.340 e. The molecule has 0 spiro atoms. The van der Waals surface area contributed by atoms with Gasteiger partial charge in [0.05, 0.1) is 6.17 Å². The van der Waals surface area contributed by atoms with Gasteiger partial charge in [-0.05, 0) is 43.6 Å². The summed E-state index contributed by atoms with van der Waals surface area (Å²) >= 11 is 0. The van der Waals surface area contributed by atoms with Gasteiger partial charge in [0.1, 0.15) is 0 Å². The minimum absolute atomic E-state index is 0.0598. The Bertz CT molecular complexity index is 858. The SMILES string of the molecule is CC(CN1CCCCC1NC(=O)C1CCC1)c1ccc(C(=O)c2ccccc2)cc1. The highest BCUT2D eigenvalue weighted by Crippen LogP contribution is 2.28. The molecule has 1 aliphatic heterocycles. The highest BCUT2D eigenvalue weighted by atomic mass is 16.2. The second-order valence-corrected chi connectivity index (χ2v) is 8.86. The molecule has 1 saturated carbocycles. The zero-order valence-corrected chi connectivity index (χ0v) is 17.8. The quantitative estimate of drug-likeness (QED) is 0.678. The van der Waals surface area contributed by atoms with Crippen molar-refractivity contribution in [3.05, 3.63) is 71.3 Å². The summed E-state index contributed by atoms with van der Waals surface area (Å²) in [5.74, 6) is 0.882. The Hall–Kier alpha value is -2.46. The first-order valence-electron chi connectivity index (χ1n) is 11.4. The number of rotatable bonds is 7. The van der Waals surface area contributed by atoms with Gasteiger partial charge >= 0.3 is 0 Å². The molecule has 2 aliphatic rings. The van der Waals surface area contributed by atoms with Crippen LogP contribution in [0.3, 0.4) is 0 Å². The molecule has 4 nitrogen and oxygen atoms in total. The lowest BCUT2D eigenvalue weighted by atomic mass is 9.84. The number of nitrogens with one attached hydrogen (secondary N) is 1. The Morgan fingerprint density at radius 2 is 1.63 bits per heavy atom. The summed E-state index contributed by atoms with van der Waals surface area (Å²) in [5.41, 5.74) is 2.67. The number of carbonyl (C=O) groups is 2. The van der Waals surface area contributed by atoms with Crippen LogP contribution in [0.2, 0.25) is 0 Å². The fourth-order valence-corrected chi connectivity index (χ4v) is 4.50. The summed E-state index contributed by atoms with van der Waals surface area (Å²) in [6, 6.07) is 17.4. The third-order valence-corrected chi connectivity index (χ3v) is 6.68. The Balaban J connectivity index is 1.37. The first-order valence-corrected chi connectivity index (χ1v) is 11.4. The molecule has 4 rings (SSSR count). The van der Waals surface area contributed by atoms with Crippen molar-refractivity contribution in [1.29, 1.82) is 0 Å². The van der Waals surface area contributed by atoms with Crippen molar-refractivity contribution in [3.63, 3.8) is 0 Å². The maximum Gasteiger partial charge on any atom is 0.224 e. The summed E-state index contributed by atoms with van der Waals surface area (Å²) in [6.07, 6.45) is 6.84. The molecule has 2 aromatic carbocycles. The molecule has 0 radical (unpaired) electrons. The van der Waals surface area contributed by atoms with Crippen molar-refractivity contribution < 1.29 is 9.59 Å². The lowest BCUT2D eigenvalue weighted by Crippen LogP contribution is -2.53. The van der Waals surface area contributed by atoms with E-state index < -0.39 is 0 Å². The van der Waals surface area contributed by atoms with E-state index in [9.17, 15) is 9.59 Å². The lowest BCUT2D eigenvalue weighted by Gasteiger charge is -2.39. The van der Waals surface area contributed by atoms with Crippen LogP contribution in [0.1, 0.15) is 72.9 Å². The van der Waals surface area contributed by atoms with Gasteiger partial charge in [-0.2, -0.15) is 0 Å². The molecular formula is C26H32N2O2. The maximum absolute atomic E-state index is 12.6. The van der Waals surface area contributed by atoms with E-state index in [2.05, 4.69) is 29.3 Å². The van der Waals surface area contributed by atoms with E-state index in [0.717, 1.165) is 43.5 Å². The van der Waals surface area contributed by atoms with E-state index in [-0.39, 0.29) is 23.8 Å². The monoisotopic (exact) mass is 404 g/mol. The number of benzene rings is 2. The van der Waals surface area contributed by atoms with Gasteiger partial charge in [-0.15, -0.1) is 0 Å². The average molecular weight is 405 g/mol. The minimum atomic E-state index is 0.0598. The van der Waals surface area contributed by atoms with Crippen molar-refractivity contribution in [2.24, 2.45) is 5.92 Å². The number of hydrogen-bond acceptors (Lipinski definition) is 3. The molecule has 0 bridgehead atoms. The predicted octanol–water partition coefficient (Wildman–Crippen LogP) is 4.75. The molecule has 30 heavy (non-hydrogen) atoms. The van der Waals surface area contributed by atoms with E-state index in [4.69, 9.17) is 0 Å². The second-order valence-electron chi connectivity index (χ2n) is 8.86. The number of nitrogens with zero attached hydrogens (tertiary/aromatic N) is 1. The molecular weight excluding hydrogens is 372 g/mol. The highest BCUT2D eigenvalue weighted by molar-refractivity contribution is 6.08. The Morgan fingerprint density at radius 1 is 0.933 bits per heavy atom. The van der Waals surface area contributed by atoms with Crippen LogP contribution < -0.4 is 5.32 Å². The molecule has 2 fully saturated rings. The highest BCUT2D eigenvalue weighted by Gasteiger charge is 2.30. The van der Waals surface area contributed by atoms with Gasteiger partial charge in [-0.1, -0.05) is 67.9 Å². The van der Waals surface area contributed by atoms with Crippen LogP contribution in [0.4, 0.5) is 0 Å². The molecule has 2 atom stereocenters. The summed E-state index contributed by atoms with van der Waals surface area (Å²) in [5, 5.41) is 3.31. The van der Waals surface area contributed by atoms with Crippen LogP contribution >= 0.6 is 0 Å². The molecule has 2 aromatic rings. The number of likely N-dealkylation sites (tertiary alicyclic amines) is 1. The van der Waals surface area contributed by atoms with Gasteiger partial charge in [0.2, 0.25) is 5.91 Å². The molecule has 2 unspecified atom stereocenters. The smallest absolute Gasteiger partial charge is 0.224 e. The van der Waals surface area contributed by atoms with Gasteiger partial charge in [-0.25, -0.2) is 0 Å². The molecule has 1 aliphatic carbocycles. The van der Waals surface area contributed by atoms with Crippen molar-refractivity contribution in [3.8, 4) is 0 Å². The normalized spacial score (nSPS) is 20.9. The second kappa shape index (κ2) is 9.57. The summed E-state index contributed by atoms with van der Waals surface area (Å²) in [7, 11) is 0. The predicted molar refractivity (Wildman–Crippen MR) is 119 cm³/mol. The maximum atomic E-state index is 12.6. The number of amides is 1. The number of hydrogen-bond donors (Lipinski definition) is 1. The third kappa shape index (κ3) is 4.81. The van der Waals surface area contributed by atoms with Crippen LogP contribution in [0.15, 0.2) is 54.6 Å². The number of ketones is 1. The Kier molecular flexibility index (Phi) is 6.63. The summed E-state index contributed by atoms with van der Waals surface area (Å²) in [6.45, 7) is 4.18. The van der Waals surface area contributed by atoms with Crippen molar-refractivity contribution in [2.75, 3.05) is 13.1 Å². The Labute approximate surface area is 179 Å². The zero-order chi connectivity index (χ0) is 20.9. The fraction of sp³-hybridized carbons (Fsp3) is 0.462. The van der Waals surface area contributed by atoms with E-state index in [0.29, 0.717) is 5.92 Å². The summed E-state index contributed by atoms with van der Waals surface area (Å²) in [4.78, 5) is 27.5. The lowest BCUT2D eigenvalue weighted by molar-refractivity contribution is -0.130. The number of carbonyl (C=O) groups excluding carboxylic acids is 2. The molecule has 0 aromatic heterocycles. The molecule has 1 N–H and O–H groups in total. The van der Waals surface area contributed by atoms with Crippen LogP contribution in [0.5, 0.6) is 0 Å². The van der Waals surface area contributed by atoms with Crippen LogP contribution in [0.25, 0.3) is 0 Å². The standard InChI is InChI=1S/C26H32N2O2/c1-19(18-28-17-6-5-12-24(28)27-26(30)23-10-7-11-23)20-13-15-22(16-14-20)25(29)21-8-3-2-4-9-21/h2-4,8-9,13-16,19,23-24H,5-7,10-12,17-18H2,1H3,(H,27,30).